The van der Waals surface area contributed by atoms with Crippen LogP contribution in [0.2, 0.25) is 0 Å². The van der Waals surface area contributed by atoms with E-state index in [4.69, 9.17) is 4.74 Å². The third kappa shape index (κ3) is 5.76. The highest BCUT2D eigenvalue weighted by atomic mass is 16.5. The zero-order valence-electron chi connectivity index (χ0n) is 14.8. The van der Waals surface area contributed by atoms with E-state index in [0.29, 0.717) is 18.5 Å². The molecule has 1 amide bonds. The number of benzene rings is 1. The van der Waals surface area contributed by atoms with E-state index in [2.05, 4.69) is 15.6 Å². The van der Waals surface area contributed by atoms with Gasteiger partial charge in [-0.05, 0) is 30.5 Å². The lowest BCUT2D eigenvalue weighted by atomic mass is 10.2. The molecular formula is C18H28N4O2. The zero-order chi connectivity index (χ0) is 17.4. The Kier molecular flexibility index (Phi) is 6.90. The topological polar surface area (TPSA) is 66.0 Å². The van der Waals surface area contributed by atoms with Gasteiger partial charge in [0, 0.05) is 20.1 Å². The van der Waals surface area contributed by atoms with Crippen molar-refractivity contribution >= 4 is 11.9 Å². The van der Waals surface area contributed by atoms with Crippen molar-refractivity contribution in [2.24, 2.45) is 4.99 Å². The first-order valence-electron chi connectivity index (χ1n) is 8.46. The number of likely N-dealkylation sites (N-methyl/N-ethyl adjacent to an activating group) is 1. The van der Waals surface area contributed by atoms with Crippen LogP contribution in [0.1, 0.15) is 31.2 Å². The number of aliphatic imine (C=N–C) groups is 1. The second-order valence-corrected chi connectivity index (χ2v) is 6.28. The fourth-order valence-electron chi connectivity index (χ4n) is 2.63. The van der Waals surface area contributed by atoms with Gasteiger partial charge in [-0.2, -0.15) is 0 Å². The molecule has 0 aliphatic heterocycles. The lowest BCUT2D eigenvalue weighted by Crippen LogP contribution is -2.46. The van der Waals surface area contributed by atoms with Crippen LogP contribution in [0.25, 0.3) is 0 Å². The Balaban J connectivity index is 1.97. The van der Waals surface area contributed by atoms with Gasteiger partial charge in [0.2, 0.25) is 5.91 Å². The molecule has 0 bridgehead atoms. The number of hydrogen-bond acceptors (Lipinski definition) is 3. The molecular weight excluding hydrogens is 304 g/mol. The quantitative estimate of drug-likeness (QED) is 0.615. The summed E-state index contributed by atoms with van der Waals surface area (Å²) < 4.78 is 5.17. The number of nitrogens with one attached hydrogen (secondary N) is 2. The zero-order valence-corrected chi connectivity index (χ0v) is 14.8. The number of amides is 1. The van der Waals surface area contributed by atoms with Crippen molar-refractivity contribution in [2.75, 3.05) is 27.7 Å². The highest BCUT2D eigenvalue weighted by Gasteiger charge is 2.16. The van der Waals surface area contributed by atoms with Crippen molar-refractivity contribution < 1.29 is 9.53 Å². The molecule has 0 spiro atoms. The highest BCUT2D eigenvalue weighted by Crippen LogP contribution is 2.17. The molecule has 1 aliphatic rings. The van der Waals surface area contributed by atoms with Gasteiger partial charge in [-0.25, -0.2) is 4.99 Å². The van der Waals surface area contributed by atoms with Crippen molar-refractivity contribution in [3.63, 3.8) is 0 Å². The average Bonchev–Trinajstić information content (AvgIpc) is 3.10. The monoisotopic (exact) mass is 332 g/mol. The van der Waals surface area contributed by atoms with Gasteiger partial charge in [-0.15, -0.1) is 0 Å². The molecule has 6 heteroatoms. The van der Waals surface area contributed by atoms with E-state index in [1.54, 1.807) is 26.1 Å². The van der Waals surface area contributed by atoms with Crippen LogP contribution in [0.3, 0.4) is 0 Å². The van der Waals surface area contributed by atoms with Gasteiger partial charge in [-0.3, -0.25) is 4.79 Å². The standard InChI is InChI=1S/C18H28N4O2/c1-22(2)17(23)13-20-18(21-15-6-4-5-7-15)19-12-14-8-10-16(24-3)11-9-14/h8-11,15H,4-7,12-13H2,1-3H3,(H2,19,20,21). The van der Waals surface area contributed by atoms with Crippen LogP contribution in [-0.4, -0.2) is 50.6 Å². The molecule has 1 aromatic carbocycles. The summed E-state index contributed by atoms with van der Waals surface area (Å²) in [6.07, 6.45) is 4.82. The molecule has 1 saturated carbocycles. The fraction of sp³-hybridized carbons (Fsp3) is 0.556. The van der Waals surface area contributed by atoms with Gasteiger partial charge in [0.25, 0.3) is 0 Å². The largest absolute Gasteiger partial charge is 0.497 e. The molecule has 0 unspecified atom stereocenters. The Labute approximate surface area is 144 Å². The molecule has 0 saturated heterocycles. The first-order chi connectivity index (χ1) is 11.6. The Morgan fingerprint density at radius 3 is 2.50 bits per heavy atom. The lowest BCUT2D eigenvalue weighted by Gasteiger charge is -2.18. The minimum atomic E-state index is 0.0281. The third-order valence-corrected chi connectivity index (χ3v) is 4.18. The molecule has 132 valence electrons. The smallest absolute Gasteiger partial charge is 0.241 e. The number of ether oxygens (including phenoxy) is 1. The van der Waals surface area contributed by atoms with E-state index in [1.807, 2.05) is 24.3 Å². The summed E-state index contributed by atoms with van der Waals surface area (Å²) in [5.74, 6) is 1.56. The molecule has 1 aliphatic carbocycles. The van der Waals surface area contributed by atoms with Gasteiger partial charge in [0.05, 0.1) is 20.2 Å². The Bertz CT molecular complexity index is 549. The van der Waals surface area contributed by atoms with Crippen LogP contribution in [-0.2, 0) is 11.3 Å². The predicted molar refractivity (Wildman–Crippen MR) is 96.2 cm³/mol. The molecule has 2 N–H and O–H groups in total. The minimum absolute atomic E-state index is 0.0281. The summed E-state index contributed by atoms with van der Waals surface area (Å²) in [4.78, 5) is 18.0. The van der Waals surface area contributed by atoms with Crippen molar-refractivity contribution in [2.45, 2.75) is 38.3 Å². The number of hydrogen-bond donors (Lipinski definition) is 2. The van der Waals surface area contributed by atoms with Gasteiger partial charge >= 0.3 is 0 Å². The maximum atomic E-state index is 11.8. The van der Waals surface area contributed by atoms with Gasteiger partial charge in [0.15, 0.2) is 5.96 Å². The lowest BCUT2D eigenvalue weighted by molar-refractivity contribution is -0.127. The normalized spacial score (nSPS) is 15.2. The van der Waals surface area contributed by atoms with Crippen LogP contribution in [0.5, 0.6) is 5.75 Å². The highest BCUT2D eigenvalue weighted by molar-refractivity contribution is 5.86. The molecule has 6 nitrogen and oxygen atoms in total. The summed E-state index contributed by atoms with van der Waals surface area (Å²) in [6.45, 7) is 0.802. The van der Waals surface area contributed by atoms with E-state index in [1.165, 1.54) is 12.8 Å². The average molecular weight is 332 g/mol. The van der Waals surface area contributed by atoms with E-state index in [-0.39, 0.29) is 12.5 Å². The summed E-state index contributed by atoms with van der Waals surface area (Å²) >= 11 is 0. The van der Waals surface area contributed by atoms with Crippen LogP contribution in [0.4, 0.5) is 0 Å². The van der Waals surface area contributed by atoms with Crippen LogP contribution >= 0.6 is 0 Å². The summed E-state index contributed by atoms with van der Waals surface area (Å²) in [5.41, 5.74) is 1.10. The van der Waals surface area contributed by atoms with Crippen LogP contribution in [0, 0.1) is 0 Å². The maximum Gasteiger partial charge on any atom is 0.241 e. The third-order valence-electron chi connectivity index (χ3n) is 4.18. The molecule has 2 rings (SSSR count). The molecule has 0 heterocycles. The van der Waals surface area contributed by atoms with Gasteiger partial charge < -0.3 is 20.3 Å². The van der Waals surface area contributed by atoms with Crippen LogP contribution in [0.15, 0.2) is 29.3 Å². The molecule has 1 aromatic rings. The van der Waals surface area contributed by atoms with E-state index >= 15 is 0 Å². The van der Waals surface area contributed by atoms with Crippen molar-refractivity contribution in [3.8, 4) is 5.75 Å². The second kappa shape index (κ2) is 9.15. The SMILES string of the molecule is COc1ccc(CN=C(NCC(=O)N(C)C)NC2CCCC2)cc1. The molecule has 0 aromatic heterocycles. The number of nitrogens with zero attached hydrogens (tertiary/aromatic N) is 2. The minimum Gasteiger partial charge on any atom is -0.497 e. The van der Waals surface area contributed by atoms with Gasteiger partial charge in [0.1, 0.15) is 5.75 Å². The number of carbonyl (C=O) groups excluding carboxylic acids is 1. The van der Waals surface area contributed by atoms with E-state index in [0.717, 1.165) is 24.2 Å². The number of guanidine groups is 1. The molecule has 0 radical (unpaired) electrons. The van der Waals surface area contributed by atoms with Crippen molar-refractivity contribution in [3.05, 3.63) is 29.8 Å². The number of carbonyl (C=O) groups is 1. The first kappa shape index (κ1) is 18.1. The Morgan fingerprint density at radius 2 is 1.92 bits per heavy atom. The Hall–Kier alpha value is -2.24. The van der Waals surface area contributed by atoms with Gasteiger partial charge in [-0.1, -0.05) is 25.0 Å². The van der Waals surface area contributed by atoms with E-state index in [9.17, 15) is 4.79 Å². The number of methoxy groups -OCH3 is 1. The summed E-state index contributed by atoms with van der Waals surface area (Å²) in [5, 5.41) is 6.59. The fourth-order valence-corrected chi connectivity index (χ4v) is 2.63. The van der Waals surface area contributed by atoms with Crippen LogP contribution < -0.4 is 15.4 Å². The maximum absolute atomic E-state index is 11.8. The predicted octanol–water partition coefficient (Wildman–Crippen LogP) is 1.76. The second-order valence-electron chi connectivity index (χ2n) is 6.28. The number of rotatable bonds is 6. The Morgan fingerprint density at radius 1 is 1.25 bits per heavy atom. The molecule has 24 heavy (non-hydrogen) atoms. The van der Waals surface area contributed by atoms with E-state index < -0.39 is 0 Å². The van der Waals surface area contributed by atoms with Crippen molar-refractivity contribution in [1.29, 1.82) is 0 Å². The first-order valence-corrected chi connectivity index (χ1v) is 8.46. The molecule has 1 fully saturated rings. The summed E-state index contributed by atoms with van der Waals surface area (Å²) in [6, 6.07) is 8.30. The summed E-state index contributed by atoms with van der Waals surface area (Å²) in [7, 11) is 5.16. The molecule has 0 atom stereocenters. The van der Waals surface area contributed by atoms with Crippen molar-refractivity contribution in [1.82, 2.24) is 15.5 Å².